The van der Waals surface area contributed by atoms with Gasteiger partial charge in [0.1, 0.15) is 5.75 Å². The molecule has 0 fully saturated rings. The first kappa shape index (κ1) is 20.9. The molecule has 2 rings (SSSR count). The van der Waals surface area contributed by atoms with Crippen LogP contribution in [0.5, 0.6) is 5.75 Å². The lowest BCUT2D eigenvalue weighted by molar-refractivity contribution is -0.274. The summed E-state index contributed by atoms with van der Waals surface area (Å²) in [7, 11) is 3.73. The van der Waals surface area contributed by atoms with Gasteiger partial charge in [-0.25, -0.2) is 4.99 Å². The summed E-state index contributed by atoms with van der Waals surface area (Å²) >= 11 is 6.35. The number of benzene rings is 2. The maximum atomic E-state index is 12.3. The first-order chi connectivity index (χ1) is 12.6. The van der Waals surface area contributed by atoms with Crippen LogP contribution in [0.2, 0.25) is 5.02 Å². The molecule has 0 spiro atoms. The van der Waals surface area contributed by atoms with Crippen LogP contribution in [0.25, 0.3) is 0 Å². The minimum Gasteiger partial charge on any atom is -0.406 e. The Kier molecular flexibility index (Phi) is 6.59. The van der Waals surface area contributed by atoms with E-state index < -0.39 is 6.36 Å². The van der Waals surface area contributed by atoms with Crippen LogP contribution >= 0.6 is 11.6 Å². The van der Waals surface area contributed by atoms with Crippen molar-refractivity contribution in [2.45, 2.75) is 20.2 Å². The van der Waals surface area contributed by atoms with Crippen molar-refractivity contribution in [2.75, 3.05) is 25.5 Å². The SMILES string of the molecule is CCN(C)C=Nc1cc(C)c(N(C)c2ccc(OC(F)(F)F)cc2)cc1Cl. The van der Waals surface area contributed by atoms with Gasteiger partial charge in [0.05, 0.1) is 17.0 Å². The van der Waals surface area contributed by atoms with Gasteiger partial charge in [0.2, 0.25) is 0 Å². The molecule has 0 saturated heterocycles. The van der Waals surface area contributed by atoms with Crippen molar-refractivity contribution in [3.05, 3.63) is 47.0 Å². The topological polar surface area (TPSA) is 28.1 Å². The van der Waals surface area contributed by atoms with Crippen LogP contribution in [0.15, 0.2) is 41.4 Å². The molecule has 0 N–H and O–H groups in total. The highest BCUT2D eigenvalue weighted by Crippen LogP contribution is 2.36. The first-order valence-corrected chi connectivity index (χ1v) is 8.62. The number of alkyl halides is 3. The normalized spacial score (nSPS) is 11.7. The van der Waals surface area contributed by atoms with Gasteiger partial charge < -0.3 is 14.5 Å². The lowest BCUT2D eigenvalue weighted by atomic mass is 10.1. The third-order valence-corrected chi connectivity index (χ3v) is 4.28. The number of hydrogen-bond donors (Lipinski definition) is 0. The van der Waals surface area contributed by atoms with Gasteiger partial charge in [-0.1, -0.05) is 11.6 Å². The van der Waals surface area contributed by atoms with Gasteiger partial charge in [0.25, 0.3) is 0 Å². The lowest BCUT2D eigenvalue weighted by Crippen LogP contribution is -2.17. The van der Waals surface area contributed by atoms with Crippen LogP contribution in [0, 0.1) is 6.92 Å². The fourth-order valence-corrected chi connectivity index (χ4v) is 2.58. The fourth-order valence-electron chi connectivity index (χ4n) is 2.37. The van der Waals surface area contributed by atoms with Crippen LogP contribution in [0.3, 0.4) is 0 Å². The van der Waals surface area contributed by atoms with E-state index in [4.69, 9.17) is 11.6 Å². The van der Waals surface area contributed by atoms with Crippen LogP contribution in [0.1, 0.15) is 12.5 Å². The van der Waals surface area contributed by atoms with Gasteiger partial charge in [-0.3, -0.25) is 0 Å². The molecule has 0 heterocycles. The molecule has 0 saturated carbocycles. The van der Waals surface area contributed by atoms with Gasteiger partial charge in [0.15, 0.2) is 0 Å². The zero-order valence-electron chi connectivity index (χ0n) is 15.5. The minimum atomic E-state index is -4.71. The zero-order valence-corrected chi connectivity index (χ0v) is 16.3. The lowest BCUT2D eigenvalue weighted by Gasteiger charge is -2.23. The Hall–Kier alpha value is -2.41. The van der Waals surface area contributed by atoms with Crippen LogP contribution < -0.4 is 9.64 Å². The maximum absolute atomic E-state index is 12.3. The summed E-state index contributed by atoms with van der Waals surface area (Å²) in [4.78, 5) is 8.15. The average molecular weight is 400 g/mol. The van der Waals surface area contributed by atoms with E-state index in [9.17, 15) is 13.2 Å². The summed E-state index contributed by atoms with van der Waals surface area (Å²) < 4.78 is 40.7. The van der Waals surface area contributed by atoms with Crippen LogP contribution in [-0.2, 0) is 0 Å². The molecular formula is C19H21ClF3N3O. The van der Waals surface area contributed by atoms with Crippen molar-refractivity contribution in [3.63, 3.8) is 0 Å². The molecule has 0 aliphatic heterocycles. The number of anilines is 2. The number of aryl methyl sites for hydroxylation is 1. The molecule has 8 heteroatoms. The van der Waals surface area contributed by atoms with E-state index in [0.29, 0.717) is 16.4 Å². The second-order valence-electron chi connectivity index (χ2n) is 6.01. The fraction of sp³-hybridized carbons (Fsp3) is 0.316. The molecule has 0 atom stereocenters. The van der Waals surface area contributed by atoms with Crippen LogP contribution in [-0.4, -0.2) is 38.2 Å². The molecule has 0 unspecified atom stereocenters. The standard InChI is InChI=1S/C19H21ClF3N3O/c1-5-25(3)12-24-17-10-13(2)18(11-16(17)20)26(4)14-6-8-15(9-7-14)27-19(21,22)23/h6-12H,5H2,1-4H3. The summed E-state index contributed by atoms with van der Waals surface area (Å²) in [5.41, 5.74) is 3.11. The van der Waals surface area contributed by atoms with Crippen molar-refractivity contribution < 1.29 is 17.9 Å². The summed E-state index contributed by atoms with van der Waals surface area (Å²) in [6.45, 7) is 4.77. The number of hydrogen-bond acceptors (Lipinski definition) is 3. The van der Waals surface area contributed by atoms with Crippen molar-refractivity contribution >= 4 is 35.0 Å². The van der Waals surface area contributed by atoms with Gasteiger partial charge in [-0.2, -0.15) is 0 Å². The highest BCUT2D eigenvalue weighted by molar-refractivity contribution is 6.33. The smallest absolute Gasteiger partial charge is 0.406 e. The van der Waals surface area contributed by atoms with Gasteiger partial charge >= 0.3 is 6.36 Å². The summed E-state index contributed by atoms with van der Waals surface area (Å²) in [6.07, 6.45) is -3.00. The largest absolute Gasteiger partial charge is 0.573 e. The Bertz CT molecular complexity index is 807. The predicted octanol–water partition coefficient (Wildman–Crippen LogP) is 5.93. The van der Waals surface area contributed by atoms with Gasteiger partial charge in [-0.05, 0) is 55.8 Å². The van der Waals surface area contributed by atoms with Gasteiger partial charge in [-0.15, -0.1) is 13.2 Å². The highest BCUT2D eigenvalue weighted by Gasteiger charge is 2.31. The maximum Gasteiger partial charge on any atom is 0.573 e. The van der Waals surface area contributed by atoms with Crippen LogP contribution in [0.4, 0.5) is 30.2 Å². The Labute approximate surface area is 161 Å². The summed E-state index contributed by atoms with van der Waals surface area (Å²) in [6, 6.07) is 9.31. The zero-order chi connectivity index (χ0) is 20.2. The summed E-state index contributed by atoms with van der Waals surface area (Å²) in [5.74, 6) is -0.265. The van der Waals surface area contributed by atoms with Crippen molar-refractivity contribution in [3.8, 4) is 5.75 Å². The van der Waals surface area contributed by atoms with E-state index >= 15 is 0 Å². The van der Waals surface area contributed by atoms with Crippen molar-refractivity contribution in [1.82, 2.24) is 4.90 Å². The molecule has 0 amide bonds. The van der Waals surface area contributed by atoms with E-state index in [0.717, 1.165) is 17.8 Å². The second kappa shape index (κ2) is 8.52. The third kappa shape index (κ3) is 5.79. The molecule has 0 aromatic heterocycles. The molecule has 0 radical (unpaired) electrons. The number of nitrogens with zero attached hydrogens (tertiary/aromatic N) is 3. The van der Waals surface area contributed by atoms with E-state index in [2.05, 4.69) is 9.73 Å². The first-order valence-electron chi connectivity index (χ1n) is 8.25. The quantitative estimate of drug-likeness (QED) is 0.445. The number of ether oxygens (including phenoxy) is 1. The highest BCUT2D eigenvalue weighted by atomic mass is 35.5. The number of halogens is 4. The van der Waals surface area contributed by atoms with Crippen molar-refractivity contribution in [1.29, 1.82) is 0 Å². The Balaban J connectivity index is 2.24. The minimum absolute atomic E-state index is 0.265. The van der Waals surface area contributed by atoms with E-state index in [1.165, 1.54) is 12.1 Å². The molecule has 0 aliphatic rings. The molecule has 0 aliphatic carbocycles. The third-order valence-electron chi connectivity index (χ3n) is 3.98. The van der Waals surface area contributed by atoms with E-state index in [-0.39, 0.29) is 5.75 Å². The molecule has 146 valence electrons. The number of aliphatic imine (C=N–C) groups is 1. The molecule has 4 nitrogen and oxygen atoms in total. The second-order valence-corrected chi connectivity index (χ2v) is 6.42. The summed E-state index contributed by atoms with van der Waals surface area (Å²) in [5, 5.41) is 0.486. The Morgan fingerprint density at radius 2 is 1.78 bits per heavy atom. The molecule has 0 bridgehead atoms. The average Bonchev–Trinajstić information content (AvgIpc) is 2.60. The Morgan fingerprint density at radius 1 is 1.15 bits per heavy atom. The Morgan fingerprint density at radius 3 is 2.33 bits per heavy atom. The number of rotatable bonds is 6. The predicted molar refractivity (Wildman–Crippen MR) is 104 cm³/mol. The molecule has 27 heavy (non-hydrogen) atoms. The monoisotopic (exact) mass is 399 g/mol. The molecule has 2 aromatic rings. The molecular weight excluding hydrogens is 379 g/mol. The van der Waals surface area contributed by atoms with Gasteiger partial charge in [0, 0.05) is 32.0 Å². The van der Waals surface area contributed by atoms with Crippen molar-refractivity contribution in [2.24, 2.45) is 4.99 Å². The van der Waals surface area contributed by atoms with E-state index in [1.54, 1.807) is 24.5 Å². The molecule has 2 aromatic carbocycles. The van der Waals surface area contributed by atoms with E-state index in [1.807, 2.05) is 43.8 Å².